The van der Waals surface area contributed by atoms with Crippen molar-refractivity contribution in [3.8, 4) is 0 Å². The Kier molecular flexibility index (Phi) is 7.97. The van der Waals surface area contributed by atoms with Gasteiger partial charge >= 0.3 is 12.1 Å². The Morgan fingerprint density at radius 3 is 2.72 bits per heavy atom. The Balaban J connectivity index is 1.71. The van der Waals surface area contributed by atoms with Crippen molar-refractivity contribution in [2.75, 3.05) is 19.8 Å². The van der Waals surface area contributed by atoms with E-state index in [4.69, 9.17) is 26.8 Å². The van der Waals surface area contributed by atoms with E-state index in [1.165, 1.54) is 0 Å². The van der Waals surface area contributed by atoms with Crippen molar-refractivity contribution in [1.82, 2.24) is 10.2 Å². The first-order valence-electron chi connectivity index (χ1n) is 8.38. The highest BCUT2D eigenvalue weighted by Crippen LogP contribution is 2.14. The van der Waals surface area contributed by atoms with Crippen LogP contribution in [-0.4, -0.2) is 43.0 Å². The normalized spacial score (nSPS) is 17.1. The zero-order valence-electron chi connectivity index (χ0n) is 14.1. The van der Waals surface area contributed by atoms with Gasteiger partial charge in [-0.3, -0.25) is 0 Å². The van der Waals surface area contributed by atoms with E-state index < -0.39 is 12.1 Å². The molecule has 1 unspecified atom stereocenters. The third kappa shape index (κ3) is 6.89. The van der Waals surface area contributed by atoms with E-state index in [0.29, 0.717) is 24.7 Å². The van der Waals surface area contributed by atoms with E-state index in [9.17, 15) is 9.59 Å². The minimum atomic E-state index is -0.789. The molecule has 1 aliphatic rings. The number of carbonyl (C=O) groups is 2. The van der Waals surface area contributed by atoms with E-state index in [1.807, 2.05) is 0 Å². The molecule has 4 amide bonds. The van der Waals surface area contributed by atoms with Crippen LogP contribution in [0.15, 0.2) is 24.3 Å². The van der Waals surface area contributed by atoms with Gasteiger partial charge in [0.2, 0.25) is 0 Å². The van der Waals surface area contributed by atoms with Crippen LogP contribution in [0.5, 0.6) is 0 Å². The lowest BCUT2D eigenvalue weighted by Gasteiger charge is -2.23. The third-order valence-electron chi connectivity index (χ3n) is 3.84. The van der Waals surface area contributed by atoms with E-state index in [0.717, 1.165) is 29.7 Å². The van der Waals surface area contributed by atoms with Gasteiger partial charge in [-0.25, -0.2) is 14.5 Å². The van der Waals surface area contributed by atoms with Crippen LogP contribution in [-0.2, 0) is 16.0 Å². The van der Waals surface area contributed by atoms with Crippen LogP contribution in [0.4, 0.5) is 9.59 Å². The highest BCUT2D eigenvalue weighted by atomic mass is 35.5. The molecule has 0 aromatic heterocycles. The molecule has 25 heavy (non-hydrogen) atoms. The van der Waals surface area contributed by atoms with Crippen LogP contribution in [0.3, 0.4) is 0 Å². The van der Waals surface area contributed by atoms with Crippen LogP contribution >= 0.6 is 11.6 Å². The fraction of sp³-hybridized carbons (Fsp3) is 0.529. The van der Waals surface area contributed by atoms with Crippen LogP contribution in [0.1, 0.15) is 31.2 Å². The van der Waals surface area contributed by atoms with Crippen LogP contribution < -0.4 is 11.1 Å². The number of carbonyl (C=O) groups excluding carboxylic acids is 2. The van der Waals surface area contributed by atoms with Crippen molar-refractivity contribution >= 4 is 23.7 Å². The minimum absolute atomic E-state index is 0.186. The summed E-state index contributed by atoms with van der Waals surface area (Å²) in [6, 6.07) is 5.75. The first-order valence-corrected chi connectivity index (χ1v) is 8.76. The number of amides is 4. The Hall–Kier alpha value is -1.83. The molecule has 8 heteroatoms. The second-order valence-corrected chi connectivity index (χ2v) is 6.23. The van der Waals surface area contributed by atoms with Crippen molar-refractivity contribution < 1.29 is 19.1 Å². The maximum absolute atomic E-state index is 12.1. The summed E-state index contributed by atoms with van der Waals surface area (Å²) in [5, 5.41) is 3.29. The average molecular weight is 370 g/mol. The number of hydrogen-bond acceptors (Lipinski definition) is 4. The fourth-order valence-corrected chi connectivity index (χ4v) is 2.59. The number of ether oxygens (including phenoxy) is 2. The van der Waals surface area contributed by atoms with Crippen molar-refractivity contribution in [3.63, 3.8) is 0 Å². The minimum Gasteiger partial charge on any atom is -0.353 e. The van der Waals surface area contributed by atoms with E-state index >= 15 is 0 Å². The van der Waals surface area contributed by atoms with Crippen molar-refractivity contribution in [1.29, 1.82) is 0 Å². The van der Waals surface area contributed by atoms with Gasteiger partial charge in [-0.15, -0.1) is 0 Å². The molecule has 1 aromatic rings. The number of urea groups is 2. The first-order chi connectivity index (χ1) is 12.1. The summed E-state index contributed by atoms with van der Waals surface area (Å²) in [6.07, 6.45) is 3.33. The summed E-state index contributed by atoms with van der Waals surface area (Å²) in [4.78, 5) is 24.6. The van der Waals surface area contributed by atoms with Gasteiger partial charge in [-0.1, -0.05) is 23.7 Å². The topological polar surface area (TPSA) is 93.9 Å². The molecular formula is C17H24ClN3O4. The van der Waals surface area contributed by atoms with E-state index in [2.05, 4.69) is 5.32 Å². The highest BCUT2D eigenvalue weighted by molar-refractivity contribution is 6.30. The zero-order valence-corrected chi connectivity index (χ0v) is 14.8. The summed E-state index contributed by atoms with van der Waals surface area (Å²) >= 11 is 5.82. The van der Waals surface area contributed by atoms with Crippen molar-refractivity contribution in [2.24, 2.45) is 5.73 Å². The maximum atomic E-state index is 12.1. The Labute approximate surface area is 152 Å². The monoisotopic (exact) mass is 369 g/mol. The maximum Gasteiger partial charge on any atom is 0.325 e. The number of imide groups is 1. The van der Waals surface area contributed by atoms with Crippen LogP contribution in [0.25, 0.3) is 0 Å². The van der Waals surface area contributed by atoms with E-state index in [1.54, 1.807) is 24.3 Å². The summed E-state index contributed by atoms with van der Waals surface area (Å²) in [5.41, 5.74) is 6.17. The average Bonchev–Trinajstić information content (AvgIpc) is 2.61. The molecule has 0 bridgehead atoms. The SMILES string of the molecule is NC(=O)N(CCCOC1CCCCO1)C(=O)NCc1ccc(Cl)cc1. The number of halogens is 1. The molecular weight excluding hydrogens is 346 g/mol. The number of nitrogens with one attached hydrogen (secondary N) is 1. The summed E-state index contributed by atoms with van der Waals surface area (Å²) < 4.78 is 11.0. The molecule has 1 saturated heterocycles. The van der Waals surface area contributed by atoms with Crippen molar-refractivity contribution in [3.05, 3.63) is 34.9 Å². The number of hydrogen-bond donors (Lipinski definition) is 2. The van der Waals surface area contributed by atoms with Crippen LogP contribution in [0.2, 0.25) is 5.02 Å². The smallest absolute Gasteiger partial charge is 0.325 e. The van der Waals surface area contributed by atoms with Crippen molar-refractivity contribution in [2.45, 2.75) is 38.5 Å². The lowest BCUT2D eigenvalue weighted by molar-refractivity contribution is -0.162. The molecule has 1 heterocycles. The molecule has 1 aromatic carbocycles. The van der Waals surface area contributed by atoms with E-state index in [-0.39, 0.29) is 19.4 Å². The molecule has 1 fully saturated rings. The number of primary amides is 1. The summed E-state index contributed by atoms with van der Waals surface area (Å²) in [6.45, 7) is 1.59. The number of benzene rings is 1. The Bertz CT molecular complexity index is 562. The van der Waals surface area contributed by atoms with Gasteiger partial charge in [0.25, 0.3) is 0 Å². The number of nitrogens with two attached hydrogens (primary N) is 1. The molecule has 0 aliphatic carbocycles. The fourth-order valence-electron chi connectivity index (χ4n) is 2.47. The van der Waals surface area contributed by atoms with Gasteiger partial charge in [-0.2, -0.15) is 0 Å². The lowest BCUT2D eigenvalue weighted by atomic mass is 10.2. The predicted molar refractivity (Wildman–Crippen MR) is 94.1 cm³/mol. The Morgan fingerprint density at radius 1 is 1.32 bits per heavy atom. The Morgan fingerprint density at radius 2 is 2.08 bits per heavy atom. The number of rotatable bonds is 7. The summed E-state index contributed by atoms with van der Waals surface area (Å²) in [5.74, 6) is 0. The molecule has 7 nitrogen and oxygen atoms in total. The number of nitrogens with zero attached hydrogens (tertiary/aromatic N) is 1. The summed E-state index contributed by atoms with van der Waals surface area (Å²) in [7, 11) is 0. The quantitative estimate of drug-likeness (QED) is 0.722. The molecule has 1 aliphatic heterocycles. The van der Waals surface area contributed by atoms with Gasteiger partial charge in [0.1, 0.15) is 0 Å². The second kappa shape index (κ2) is 10.2. The molecule has 0 saturated carbocycles. The van der Waals surface area contributed by atoms with Gasteiger partial charge < -0.3 is 20.5 Å². The zero-order chi connectivity index (χ0) is 18.1. The van der Waals surface area contributed by atoms with Gasteiger partial charge in [0, 0.05) is 24.7 Å². The van der Waals surface area contributed by atoms with Gasteiger partial charge in [-0.05, 0) is 43.4 Å². The molecule has 0 spiro atoms. The lowest BCUT2D eigenvalue weighted by Crippen LogP contribution is -2.47. The molecule has 0 radical (unpaired) electrons. The second-order valence-electron chi connectivity index (χ2n) is 5.80. The third-order valence-corrected chi connectivity index (χ3v) is 4.09. The first kappa shape index (κ1) is 19.5. The van der Waals surface area contributed by atoms with Crippen LogP contribution in [0, 0.1) is 0 Å². The molecule has 1 atom stereocenters. The predicted octanol–water partition coefficient (Wildman–Crippen LogP) is 2.86. The largest absolute Gasteiger partial charge is 0.353 e. The molecule has 2 rings (SSSR count). The van der Waals surface area contributed by atoms with Gasteiger partial charge in [0.05, 0.1) is 6.61 Å². The molecule has 138 valence electrons. The highest BCUT2D eigenvalue weighted by Gasteiger charge is 2.19. The molecule has 3 N–H and O–H groups in total. The standard InChI is InChI=1S/C17H24ClN3O4/c18-14-7-5-13(6-8-14)12-20-17(23)21(16(19)22)9-3-11-25-15-4-1-2-10-24-15/h5-8,15H,1-4,9-12H2,(H2,19,22)(H,20,23). The van der Waals surface area contributed by atoms with Gasteiger partial charge in [0.15, 0.2) is 6.29 Å².